The van der Waals surface area contributed by atoms with Gasteiger partial charge in [-0.15, -0.1) is 0 Å². The highest BCUT2D eigenvalue weighted by Crippen LogP contribution is 2.30. The van der Waals surface area contributed by atoms with Crippen molar-refractivity contribution < 1.29 is 22.7 Å². The van der Waals surface area contributed by atoms with Gasteiger partial charge in [0, 0.05) is 18.8 Å². The number of ether oxygens (including phenoxy) is 2. The van der Waals surface area contributed by atoms with Crippen LogP contribution < -0.4 is 14.8 Å². The van der Waals surface area contributed by atoms with Gasteiger partial charge in [-0.1, -0.05) is 11.6 Å². The van der Waals surface area contributed by atoms with Crippen molar-refractivity contribution in [1.82, 2.24) is 4.31 Å². The van der Waals surface area contributed by atoms with Crippen molar-refractivity contribution >= 4 is 33.2 Å². The number of nitrogens with one attached hydrogen (secondary N) is 1. The number of hydrogen-bond donors (Lipinski definition) is 1. The zero-order valence-electron chi connectivity index (χ0n) is 17.8. The van der Waals surface area contributed by atoms with E-state index in [-0.39, 0.29) is 23.5 Å². The largest absolute Gasteiger partial charge is 0.497 e. The zero-order chi connectivity index (χ0) is 22.6. The van der Waals surface area contributed by atoms with E-state index in [0.717, 1.165) is 0 Å². The Morgan fingerprint density at radius 2 is 1.90 bits per heavy atom. The number of carbonyl (C=O) groups excluding carboxylic acids is 1. The Labute approximate surface area is 188 Å². The molecule has 7 nitrogen and oxygen atoms in total. The van der Waals surface area contributed by atoms with Crippen molar-refractivity contribution in [1.29, 1.82) is 0 Å². The molecule has 2 aromatic carbocycles. The molecule has 3 rings (SSSR count). The van der Waals surface area contributed by atoms with Gasteiger partial charge in [-0.05, 0) is 69.2 Å². The highest BCUT2D eigenvalue weighted by atomic mass is 35.5. The quantitative estimate of drug-likeness (QED) is 0.661. The Balaban J connectivity index is 1.68. The minimum Gasteiger partial charge on any atom is -0.497 e. The lowest BCUT2D eigenvalue weighted by Gasteiger charge is -2.31. The molecule has 0 spiro atoms. The monoisotopic (exact) mass is 466 g/mol. The van der Waals surface area contributed by atoms with Crippen molar-refractivity contribution in [3.63, 3.8) is 0 Å². The molecule has 1 aliphatic heterocycles. The maximum atomic E-state index is 13.0. The molecular weight excluding hydrogens is 440 g/mol. The summed E-state index contributed by atoms with van der Waals surface area (Å²) in [5, 5.41) is 3.24. The van der Waals surface area contributed by atoms with E-state index in [1.54, 1.807) is 30.3 Å². The summed E-state index contributed by atoms with van der Waals surface area (Å²) in [4.78, 5) is 13.0. The van der Waals surface area contributed by atoms with Crippen LogP contribution in [0, 0.1) is 5.92 Å². The van der Waals surface area contributed by atoms with Crippen LogP contribution in [0.25, 0.3) is 0 Å². The third-order valence-corrected chi connectivity index (χ3v) is 7.19. The number of amides is 1. The Morgan fingerprint density at radius 1 is 1.19 bits per heavy atom. The molecule has 0 aliphatic carbocycles. The molecule has 1 fully saturated rings. The van der Waals surface area contributed by atoms with E-state index >= 15 is 0 Å². The van der Waals surface area contributed by atoms with Gasteiger partial charge in [-0.3, -0.25) is 4.79 Å². The van der Waals surface area contributed by atoms with Crippen LogP contribution in [0.4, 0.5) is 5.69 Å². The second-order valence-corrected chi connectivity index (χ2v) is 10.0. The van der Waals surface area contributed by atoms with Gasteiger partial charge >= 0.3 is 0 Å². The maximum Gasteiger partial charge on any atom is 0.243 e. The molecule has 1 aliphatic rings. The Morgan fingerprint density at radius 3 is 2.52 bits per heavy atom. The number of halogens is 1. The summed E-state index contributed by atoms with van der Waals surface area (Å²) in [6.07, 6.45) is 1.21. The average molecular weight is 467 g/mol. The first-order valence-corrected chi connectivity index (χ1v) is 11.9. The van der Waals surface area contributed by atoms with Crippen molar-refractivity contribution in [2.45, 2.75) is 37.7 Å². The van der Waals surface area contributed by atoms with Crippen LogP contribution in [0.3, 0.4) is 0 Å². The van der Waals surface area contributed by atoms with Gasteiger partial charge in [0.1, 0.15) is 11.5 Å². The summed E-state index contributed by atoms with van der Waals surface area (Å²) < 4.78 is 38.1. The average Bonchev–Trinajstić information content (AvgIpc) is 2.75. The van der Waals surface area contributed by atoms with E-state index < -0.39 is 15.9 Å². The van der Waals surface area contributed by atoms with Gasteiger partial charge in [-0.25, -0.2) is 8.42 Å². The second-order valence-electron chi connectivity index (χ2n) is 7.68. The highest BCUT2D eigenvalue weighted by Gasteiger charge is 2.33. The van der Waals surface area contributed by atoms with E-state index in [4.69, 9.17) is 21.1 Å². The molecule has 168 valence electrons. The molecule has 0 radical (unpaired) electrons. The minimum absolute atomic E-state index is 0.0150. The first-order valence-electron chi connectivity index (χ1n) is 10.1. The fraction of sp³-hybridized carbons (Fsp3) is 0.409. The van der Waals surface area contributed by atoms with Crippen LogP contribution in [-0.2, 0) is 14.8 Å². The molecule has 1 amide bonds. The predicted octanol–water partition coefficient (Wildman–Crippen LogP) is 4.18. The van der Waals surface area contributed by atoms with Crippen LogP contribution >= 0.6 is 11.6 Å². The molecule has 1 unspecified atom stereocenters. The van der Waals surface area contributed by atoms with Gasteiger partial charge in [0.2, 0.25) is 15.9 Å². The number of hydrogen-bond acceptors (Lipinski definition) is 5. The predicted molar refractivity (Wildman–Crippen MR) is 120 cm³/mol. The van der Waals surface area contributed by atoms with Crippen LogP contribution in [0.2, 0.25) is 5.02 Å². The highest BCUT2D eigenvalue weighted by molar-refractivity contribution is 7.89. The lowest BCUT2D eigenvalue weighted by molar-refractivity contribution is -0.120. The summed E-state index contributed by atoms with van der Waals surface area (Å²) in [5.41, 5.74) is 0.543. The maximum absolute atomic E-state index is 13.0. The third kappa shape index (κ3) is 5.70. The number of benzene rings is 2. The summed E-state index contributed by atoms with van der Waals surface area (Å²) in [7, 11) is -2.17. The summed E-state index contributed by atoms with van der Waals surface area (Å²) in [6.45, 7) is 4.31. The Kier molecular flexibility index (Phi) is 7.46. The van der Waals surface area contributed by atoms with E-state index in [1.165, 1.54) is 23.5 Å². The number of carbonyl (C=O) groups is 1. The molecule has 9 heteroatoms. The van der Waals surface area contributed by atoms with Crippen LogP contribution in [-0.4, -0.2) is 44.9 Å². The fourth-order valence-corrected chi connectivity index (χ4v) is 5.19. The van der Waals surface area contributed by atoms with Crippen molar-refractivity contribution in [3.8, 4) is 11.5 Å². The number of anilines is 1. The number of nitrogens with zero attached hydrogens (tertiary/aromatic N) is 1. The van der Waals surface area contributed by atoms with E-state index in [9.17, 15) is 13.2 Å². The normalized spacial score (nSPS) is 17.4. The standard InChI is InChI=1S/C22H27ClN2O5S/c1-15(2)30-21-11-6-17(13-20(21)23)24-22(26)16-5-4-12-25(14-16)31(27,28)19-9-7-18(29-3)8-10-19/h6-11,13,15-16H,4-5,12,14H2,1-3H3,(H,24,26). The van der Waals surface area contributed by atoms with Gasteiger partial charge in [0.15, 0.2) is 0 Å². The molecule has 0 saturated carbocycles. The Hall–Kier alpha value is -2.29. The molecule has 0 aromatic heterocycles. The lowest BCUT2D eigenvalue weighted by atomic mass is 9.98. The topological polar surface area (TPSA) is 84.9 Å². The summed E-state index contributed by atoms with van der Waals surface area (Å²) in [5.74, 6) is 0.442. The first-order chi connectivity index (χ1) is 14.7. The molecule has 31 heavy (non-hydrogen) atoms. The van der Waals surface area contributed by atoms with E-state index in [1.807, 2.05) is 13.8 Å². The number of methoxy groups -OCH3 is 1. The molecule has 2 aromatic rings. The van der Waals surface area contributed by atoms with E-state index in [0.29, 0.717) is 41.6 Å². The molecule has 1 atom stereocenters. The van der Waals surface area contributed by atoms with Gasteiger partial charge in [0.25, 0.3) is 0 Å². The van der Waals surface area contributed by atoms with Gasteiger partial charge in [0.05, 0.1) is 29.0 Å². The SMILES string of the molecule is COc1ccc(S(=O)(=O)N2CCCC(C(=O)Nc3ccc(OC(C)C)c(Cl)c3)C2)cc1. The number of sulfonamides is 1. The van der Waals surface area contributed by atoms with Crippen molar-refractivity contribution in [2.24, 2.45) is 5.92 Å². The number of piperidine rings is 1. The van der Waals surface area contributed by atoms with Crippen LogP contribution in [0.5, 0.6) is 11.5 Å². The van der Waals surface area contributed by atoms with Crippen LogP contribution in [0.1, 0.15) is 26.7 Å². The molecular formula is C22H27ClN2O5S. The van der Waals surface area contributed by atoms with Gasteiger partial charge in [-0.2, -0.15) is 4.31 Å². The van der Waals surface area contributed by atoms with Crippen LogP contribution in [0.15, 0.2) is 47.4 Å². The van der Waals surface area contributed by atoms with Crippen molar-refractivity contribution in [2.75, 3.05) is 25.5 Å². The van der Waals surface area contributed by atoms with E-state index in [2.05, 4.69) is 5.32 Å². The summed E-state index contributed by atoms with van der Waals surface area (Å²) in [6, 6.07) is 11.3. The summed E-state index contributed by atoms with van der Waals surface area (Å²) >= 11 is 6.24. The lowest BCUT2D eigenvalue weighted by Crippen LogP contribution is -2.43. The Bertz CT molecular complexity index is 1020. The zero-order valence-corrected chi connectivity index (χ0v) is 19.4. The fourth-order valence-electron chi connectivity index (χ4n) is 3.44. The molecule has 0 bridgehead atoms. The number of rotatable bonds is 7. The first kappa shape index (κ1) is 23.4. The second kappa shape index (κ2) is 9.89. The minimum atomic E-state index is -3.69. The molecule has 1 heterocycles. The molecule has 1 saturated heterocycles. The molecule has 1 N–H and O–H groups in total. The smallest absolute Gasteiger partial charge is 0.243 e. The van der Waals surface area contributed by atoms with Gasteiger partial charge < -0.3 is 14.8 Å². The third-order valence-electron chi connectivity index (χ3n) is 5.01. The van der Waals surface area contributed by atoms with Crippen molar-refractivity contribution in [3.05, 3.63) is 47.5 Å².